The van der Waals surface area contributed by atoms with Crippen LogP contribution in [0.4, 0.5) is 23.2 Å². The van der Waals surface area contributed by atoms with E-state index in [0.29, 0.717) is 16.7 Å². The van der Waals surface area contributed by atoms with Crippen molar-refractivity contribution in [2.45, 2.75) is 18.9 Å². The minimum atomic E-state index is -4.77. The van der Waals surface area contributed by atoms with Gasteiger partial charge in [0, 0.05) is 44.0 Å². The number of benzene rings is 2. The summed E-state index contributed by atoms with van der Waals surface area (Å²) in [6.45, 7) is 2.95. The van der Waals surface area contributed by atoms with Crippen LogP contribution in [0.5, 0.6) is 5.75 Å². The normalized spacial score (nSPS) is 19.6. The summed E-state index contributed by atoms with van der Waals surface area (Å²) in [6.07, 6.45) is -4.77. The number of hydrogen-bond donors (Lipinski definition) is 0. The molecule has 1 atom stereocenters. The van der Waals surface area contributed by atoms with Gasteiger partial charge in [0.25, 0.3) is 5.91 Å². The van der Waals surface area contributed by atoms with Crippen molar-refractivity contribution in [3.05, 3.63) is 59.2 Å². The fraction of sp³-hybridized carbons (Fsp3) is 0.409. The van der Waals surface area contributed by atoms with E-state index < -0.39 is 19.1 Å². The maximum Gasteiger partial charge on any atom is 0.573 e. The zero-order chi connectivity index (χ0) is 22.2. The zero-order valence-corrected chi connectivity index (χ0v) is 17.0. The smallest absolute Gasteiger partial charge is 0.406 e. The molecule has 1 amide bonds. The first-order valence-corrected chi connectivity index (χ1v) is 10.0. The first-order chi connectivity index (χ1) is 14.7. The number of rotatable bonds is 5. The van der Waals surface area contributed by atoms with Gasteiger partial charge in [-0.3, -0.25) is 4.79 Å². The topological polar surface area (TPSA) is 36.0 Å². The Balaban J connectivity index is 1.52. The van der Waals surface area contributed by atoms with Crippen molar-refractivity contribution in [2.24, 2.45) is 0 Å². The minimum Gasteiger partial charge on any atom is -0.406 e. The number of alkyl halides is 4. The lowest BCUT2D eigenvalue weighted by Crippen LogP contribution is -2.44. The number of piperazine rings is 1. The van der Waals surface area contributed by atoms with Crippen molar-refractivity contribution in [1.82, 2.24) is 9.80 Å². The number of carbonyl (C=O) groups is 1. The van der Waals surface area contributed by atoms with E-state index in [1.54, 1.807) is 6.07 Å². The highest BCUT2D eigenvalue weighted by Crippen LogP contribution is 2.38. The highest BCUT2D eigenvalue weighted by molar-refractivity contribution is 5.99. The van der Waals surface area contributed by atoms with Crippen LogP contribution in [0.25, 0.3) is 0 Å². The maximum atomic E-state index is 14.0. The van der Waals surface area contributed by atoms with Crippen LogP contribution in [-0.4, -0.2) is 62.0 Å². The number of hydrogen-bond acceptors (Lipinski definition) is 4. The number of halogens is 4. The van der Waals surface area contributed by atoms with Crippen LogP contribution in [-0.2, 0) is 6.54 Å². The average molecular weight is 437 g/mol. The predicted molar refractivity (Wildman–Crippen MR) is 108 cm³/mol. The van der Waals surface area contributed by atoms with E-state index >= 15 is 0 Å². The van der Waals surface area contributed by atoms with Gasteiger partial charge in [0.15, 0.2) is 0 Å². The SMILES string of the molecule is CN1CCN(c2ccc3c(c2)C(CF)N(Cc2ccc(OC(F)(F)F)cc2)C3=O)CC1. The highest BCUT2D eigenvalue weighted by atomic mass is 19.4. The molecule has 2 heterocycles. The fourth-order valence-electron chi connectivity index (χ4n) is 4.09. The number of carbonyl (C=O) groups excluding carboxylic acids is 1. The van der Waals surface area contributed by atoms with Gasteiger partial charge in [-0.15, -0.1) is 13.2 Å². The molecule has 0 aliphatic carbocycles. The molecule has 0 N–H and O–H groups in total. The molecule has 1 unspecified atom stereocenters. The monoisotopic (exact) mass is 437 g/mol. The lowest BCUT2D eigenvalue weighted by atomic mass is 10.0. The third-order valence-electron chi connectivity index (χ3n) is 5.79. The number of nitrogens with zero attached hydrogens (tertiary/aromatic N) is 3. The highest BCUT2D eigenvalue weighted by Gasteiger charge is 2.37. The van der Waals surface area contributed by atoms with Crippen LogP contribution in [0.2, 0.25) is 0 Å². The van der Waals surface area contributed by atoms with Crippen LogP contribution in [0.15, 0.2) is 42.5 Å². The third-order valence-corrected chi connectivity index (χ3v) is 5.79. The summed E-state index contributed by atoms with van der Waals surface area (Å²) in [7, 11) is 2.07. The lowest BCUT2D eigenvalue weighted by molar-refractivity contribution is -0.274. The van der Waals surface area contributed by atoms with Gasteiger partial charge < -0.3 is 19.4 Å². The van der Waals surface area contributed by atoms with Crippen molar-refractivity contribution >= 4 is 11.6 Å². The second-order valence-corrected chi connectivity index (χ2v) is 7.86. The van der Waals surface area contributed by atoms with Crippen LogP contribution in [0.3, 0.4) is 0 Å². The van der Waals surface area contributed by atoms with Gasteiger partial charge >= 0.3 is 6.36 Å². The molecule has 2 aliphatic rings. The molecule has 2 aliphatic heterocycles. The van der Waals surface area contributed by atoms with E-state index in [4.69, 9.17) is 0 Å². The number of amides is 1. The van der Waals surface area contributed by atoms with E-state index in [2.05, 4.69) is 21.6 Å². The van der Waals surface area contributed by atoms with Crippen molar-refractivity contribution in [1.29, 1.82) is 0 Å². The predicted octanol–water partition coefficient (Wildman–Crippen LogP) is 4.00. The van der Waals surface area contributed by atoms with Crippen LogP contribution in [0.1, 0.15) is 27.5 Å². The molecule has 9 heteroatoms. The number of ether oxygens (including phenoxy) is 1. The van der Waals surface area contributed by atoms with E-state index in [0.717, 1.165) is 31.9 Å². The zero-order valence-electron chi connectivity index (χ0n) is 17.0. The summed E-state index contributed by atoms with van der Waals surface area (Å²) in [5, 5.41) is 0. The maximum absolute atomic E-state index is 14.0. The Morgan fingerprint density at radius 3 is 2.32 bits per heavy atom. The van der Waals surface area contributed by atoms with Crippen molar-refractivity contribution in [2.75, 3.05) is 44.8 Å². The van der Waals surface area contributed by atoms with Gasteiger partial charge in [-0.25, -0.2) is 4.39 Å². The minimum absolute atomic E-state index is 0.0955. The van der Waals surface area contributed by atoms with E-state index in [1.807, 2.05) is 12.1 Å². The summed E-state index contributed by atoms with van der Waals surface area (Å²) in [5.41, 5.74) is 2.68. The summed E-state index contributed by atoms with van der Waals surface area (Å²) in [5.74, 6) is -0.621. The first kappa shape index (κ1) is 21.4. The third kappa shape index (κ3) is 4.61. The molecule has 2 aromatic carbocycles. The quantitative estimate of drug-likeness (QED) is 0.663. The molecule has 0 aromatic heterocycles. The Hall–Kier alpha value is -2.81. The van der Waals surface area contributed by atoms with E-state index in [1.165, 1.54) is 29.2 Å². The van der Waals surface area contributed by atoms with Gasteiger partial charge in [0.1, 0.15) is 12.4 Å². The van der Waals surface area contributed by atoms with Gasteiger partial charge in [-0.1, -0.05) is 12.1 Å². The lowest BCUT2D eigenvalue weighted by Gasteiger charge is -2.34. The van der Waals surface area contributed by atoms with Crippen LogP contribution >= 0.6 is 0 Å². The summed E-state index contributed by atoms with van der Waals surface area (Å²) in [4.78, 5) is 18.8. The van der Waals surface area contributed by atoms with E-state index in [-0.39, 0.29) is 18.2 Å². The molecule has 1 fully saturated rings. The van der Waals surface area contributed by atoms with Gasteiger partial charge in [-0.05, 0) is 48.5 Å². The molecule has 0 radical (unpaired) electrons. The molecule has 1 saturated heterocycles. The van der Waals surface area contributed by atoms with Crippen molar-refractivity contribution in [3.8, 4) is 5.75 Å². The number of anilines is 1. The average Bonchev–Trinajstić information content (AvgIpc) is 2.99. The molecule has 31 heavy (non-hydrogen) atoms. The summed E-state index contributed by atoms with van der Waals surface area (Å²) in [6, 6.07) is 10.1. The Bertz CT molecular complexity index is 941. The standard InChI is InChI=1S/C22H23F4N3O2/c1-27-8-10-28(11-9-27)16-4-7-18-19(12-16)20(13-23)29(21(18)30)14-15-2-5-17(6-3-15)31-22(24,25)26/h2-7,12,20H,8-11,13-14H2,1H3. The second kappa shape index (κ2) is 8.37. The number of fused-ring (bicyclic) bond motifs is 1. The van der Waals surface area contributed by atoms with Crippen LogP contribution in [0, 0.1) is 0 Å². The second-order valence-electron chi connectivity index (χ2n) is 7.86. The van der Waals surface area contributed by atoms with Gasteiger partial charge in [0.2, 0.25) is 0 Å². The Morgan fingerprint density at radius 1 is 1.03 bits per heavy atom. The van der Waals surface area contributed by atoms with E-state index in [9.17, 15) is 22.4 Å². The Labute approximate surface area is 177 Å². The molecular formula is C22H23F4N3O2. The first-order valence-electron chi connectivity index (χ1n) is 10.0. The Kier molecular flexibility index (Phi) is 5.79. The molecule has 4 rings (SSSR count). The molecular weight excluding hydrogens is 414 g/mol. The molecule has 0 bridgehead atoms. The molecule has 2 aromatic rings. The number of likely N-dealkylation sites (N-methyl/N-ethyl adjacent to an activating group) is 1. The van der Waals surface area contributed by atoms with Gasteiger partial charge in [0.05, 0.1) is 6.04 Å². The molecule has 0 saturated carbocycles. The fourth-order valence-corrected chi connectivity index (χ4v) is 4.09. The molecule has 166 valence electrons. The van der Waals surface area contributed by atoms with Crippen LogP contribution < -0.4 is 9.64 Å². The molecule has 5 nitrogen and oxygen atoms in total. The summed E-state index contributed by atoms with van der Waals surface area (Å²) < 4.78 is 54.9. The largest absolute Gasteiger partial charge is 0.573 e. The molecule has 0 spiro atoms. The Morgan fingerprint density at radius 2 is 1.71 bits per heavy atom. The van der Waals surface area contributed by atoms with Crippen molar-refractivity contribution in [3.63, 3.8) is 0 Å². The summed E-state index contributed by atoms with van der Waals surface area (Å²) >= 11 is 0. The van der Waals surface area contributed by atoms with Crippen molar-refractivity contribution < 1.29 is 27.1 Å². The van der Waals surface area contributed by atoms with Gasteiger partial charge in [-0.2, -0.15) is 0 Å².